The molecule has 3 heteroatoms. The number of rotatable bonds is 0. The predicted molar refractivity (Wildman–Crippen MR) is 43.2 cm³/mol. The largest absolute Gasteiger partial charge is 0.378 e. The Hall–Kier alpha value is -0.180. The minimum absolute atomic E-state index is 0.00984. The number of hydrogen-bond donors (Lipinski definition) is 0. The monoisotopic (exact) mass is 157 g/mol. The molecule has 0 aromatic carbocycles. The Morgan fingerprint density at radius 2 is 2.60 bits per heavy atom. The SMILES string of the molecule is CC1=NO[C@]2(C)SCCC12. The summed E-state index contributed by atoms with van der Waals surface area (Å²) in [5.41, 5.74) is 1.17. The molecule has 1 fully saturated rings. The lowest BCUT2D eigenvalue weighted by molar-refractivity contribution is 0.0518. The van der Waals surface area contributed by atoms with E-state index in [1.807, 2.05) is 11.8 Å². The van der Waals surface area contributed by atoms with Gasteiger partial charge in [-0.1, -0.05) is 5.16 Å². The van der Waals surface area contributed by atoms with Gasteiger partial charge in [-0.05, 0) is 26.0 Å². The molecule has 2 atom stereocenters. The summed E-state index contributed by atoms with van der Waals surface area (Å²) in [7, 11) is 0. The third-order valence-corrected chi connectivity index (χ3v) is 3.68. The van der Waals surface area contributed by atoms with Crippen molar-refractivity contribution in [3.05, 3.63) is 0 Å². The maximum Gasteiger partial charge on any atom is 0.188 e. The number of hydrogen-bond acceptors (Lipinski definition) is 3. The third kappa shape index (κ3) is 0.698. The van der Waals surface area contributed by atoms with Crippen LogP contribution in [-0.2, 0) is 4.84 Å². The van der Waals surface area contributed by atoms with Crippen LogP contribution in [0.3, 0.4) is 0 Å². The lowest BCUT2D eigenvalue weighted by atomic mass is 9.97. The molecule has 1 unspecified atom stereocenters. The molecule has 2 aliphatic heterocycles. The fraction of sp³-hybridized carbons (Fsp3) is 0.857. The number of thioether (sulfide) groups is 1. The van der Waals surface area contributed by atoms with Crippen LogP contribution in [0.4, 0.5) is 0 Å². The Bertz CT molecular complexity index is 192. The first kappa shape index (κ1) is 6.53. The number of oxime groups is 1. The van der Waals surface area contributed by atoms with Crippen molar-refractivity contribution in [3.63, 3.8) is 0 Å². The minimum atomic E-state index is -0.00984. The average Bonchev–Trinajstić information content (AvgIpc) is 2.35. The lowest BCUT2D eigenvalue weighted by Crippen LogP contribution is -2.26. The van der Waals surface area contributed by atoms with Gasteiger partial charge in [-0.3, -0.25) is 0 Å². The zero-order valence-corrected chi connectivity index (χ0v) is 7.07. The molecule has 0 spiro atoms. The Morgan fingerprint density at radius 3 is 3.30 bits per heavy atom. The van der Waals surface area contributed by atoms with Gasteiger partial charge in [-0.25, -0.2) is 0 Å². The molecule has 0 aromatic rings. The van der Waals surface area contributed by atoms with E-state index in [2.05, 4.69) is 19.0 Å². The van der Waals surface area contributed by atoms with Crippen molar-refractivity contribution in [2.45, 2.75) is 25.2 Å². The molecule has 0 radical (unpaired) electrons. The van der Waals surface area contributed by atoms with E-state index in [1.54, 1.807) is 0 Å². The number of nitrogens with zero attached hydrogens (tertiary/aromatic N) is 1. The summed E-state index contributed by atoms with van der Waals surface area (Å²) in [6.07, 6.45) is 1.23. The second-order valence-corrected chi connectivity index (χ2v) is 4.54. The normalized spacial score (nSPS) is 44.6. The van der Waals surface area contributed by atoms with Gasteiger partial charge in [0, 0.05) is 0 Å². The van der Waals surface area contributed by atoms with Gasteiger partial charge in [-0.2, -0.15) is 0 Å². The number of fused-ring (bicyclic) bond motifs is 1. The maximum absolute atomic E-state index is 5.33. The molecule has 56 valence electrons. The minimum Gasteiger partial charge on any atom is -0.378 e. The van der Waals surface area contributed by atoms with Gasteiger partial charge in [0.1, 0.15) is 0 Å². The van der Waals surface area contributed by atoms with Gasteiger partial charge >= 0.3 is 0 Å². The molecular formula is C7H11NOS. The molecule has 0 saturated carbocycles. The van der Waals surface area contributed by atoms with Crippen LogP contribution in [0, 0.1) is 5.92 Å². The van der Waals surface area contributed by atoms with E-state index in [9.17, 15) is 0 Å². The molecule has 2 rings (SSSR count). The molecule has 0 N–H and O–H groups in total. The van der Waals surface area contributed by atoms with E-state index >= 15 is 0 Å². The van der Waals surface area contributed by atoms with Crippen molar-refractivity contribution in [2.75, 3.05) is 5.75 Å². The van der Waals surface area contributed by atoms with E-state index in [-0.39, 0.29) is 4.93 Å². The first-order valence-corrected chi connectivity index (χ1v) is 4.57. The molecule has 2 heterocycles. The Balaban J connectivity index is 2.27. The first-order chi connectivity index (χ1) is 4.72. The van der Waals surface area contributed by atoms with Gasteiger partial charge in [0.05, 0.1) is 11.6 Å². The summed E-state index contributed by atoms with van der Waals surface area (Å²) < 4.78 is 0. The summed E-state index contributed by atoms with van der Waals surface area (Å²) in [5.74, 6) is 1.80. The quantitative estimate of drug-likeness (QED) is 0.535. The molecule has 0 aromatic heterocycles. The van der Waals surface area contributed by atoms with Gasteiger partial charge in [0.2, 0.25) is 0 Å². The van der Waals surface area contributed by atoms with Crippen LogP contribution in [0.15, 0.2) is 5.16 Å². The van der Waals surface area contributed by atoms with Crippen LogP contribution in [0.5, 0.6) is 0 Å². The zero-order chi connectivity index (χ0) is 7.19. The molecule has 0 bridgehead atoms. The van der Waals surface area contributed by atoms with E-state index in [0.29, 0.717) is 5.92 Å². The van der Waals surface area contributed by atoms with Crippen molar-refractivity contribution >= 4 is 17.5 Å². The summed E-state index contributed by atoms with van der Waals surface area (Å²) in [6, 6.07) is 0. The highest BCUT2D eigenvalue weighted by molar-refractivity contribution is 8.00. The van der Waals surface area contributed by atoms with Crippen molar-refractivity contribution < 1.29 is 4.84 Å². The Kier molecular flexibility index (Phi) is 1.24. The molecular weight excluding hydrogens is 146 g/mol. The fourth-order valence-corrected chi connectivity index (χ4v) is 2.99. The zero-order valence-electron chi connectivity index (χ0n) is 6.26. The highest BCUT2D eigenvalue weighted by Crippen LogP contribution is 2.47. The molecule has 1 saturated heterocycles. The fourth-order valence-electron chi connectivity index (χ4n) is 1.65. The van der Waals surface area contributed by atoms with Crippen LogP contribution in [0.1, 0.15) is 20.3 Å². The van der Waals surface area contributed by atoms with Gasteiger partial charge < -0.3 is 4.84 Å². The lowest BCUT2D eigenvalue weighted by Gasteiger charge is -2.19. The van der Waals surface area contributed by atoms with Gasteiger partial charge in [0.15, 0.2) is 4.93 Å². The van der Waals surface area contributed by atoms with Crippen LogP contribution in [-0.4, -0.2) is 16.4 Å². The second kappa shape index (κ2) is 1.91. The standard InChI is InChI=1S/C7H11NOS/c1-5-6-3-4-10-7(6,2)9-8-5/h6H,3-4H2,1-2H3/t6?,7-/m1/s1. The van der Waals surface area contributed by atoms with Crippen molar-refractivity contribution in [1.29, 1.82) is 0 Å². The van der Waals surface area contributed by atoms with Crippen molar-refractivity contribution in [1.82, 2.24) is 0 Å². The summed E-state index contributed by atoms with van der Waals surface area (Å²) in [5, 5.41) is 3.99. The maximum atomic E-state index is 5.33. The van der Waals surface area contributed by atoms with Crippen LogP contribution >= 0.6 is 11.8 Å². The van der Waals surface area contributed by atoms with E-state index in [4.69, 9.17) is 4.84 Å². The highest BCUT2D eigenvalue weighted by Gasteiger charge is 2.47. The average molecular weight is 157 g/mol. The molecule has 10 heavy (non-hydrogen) atoms. The van der Waals surface area contributed by atoms with Crippen molar-refractivity contribution in [3.8, 4) is 0 Å². The summed E-state index contributed by atoms with van der Waals surface area (Å²) >= 11 is 1.88. The van der Waals surface area contributed by atoms with Gasteiger partial charge in [-0.15, -0.1) is 11.8 Å². The van der Waals surface area contributed by atoms with E-state index < -0.39 is 0 Å². The molecule has 2 aliphatic rings. The van der Waals surface area contributed by atoms with Crippen LogP contribution < -0.4 is 0 Å². The molecule has 0 aliphatic carbocycles. The van der Waals surface area contributed by atoms with E-state index in [1.165, 1.54) is 17.9 Å². The topological polar surface area (TPSA) is 21.6 Å². The molecule has 0 amide bonds. The van der Waals surface area contributed by atoms with Crippen LogP contribution in [0.2, 0.25) is 0 Å². The predicted octanol–water partition coefficient (Wildman–Crippen LogP) is 1.86. The highest BCUT2D eigenvalue weighted by atomic mass is 32.2. The van der Waals surface area contributed by atoms with Crippen LogP contribution in [0.25, 0.3) is 0 Å². The Morgan fingerprint density at radius 1 is 1.80 bits per heavy atom. The summed E-state index contributed by atoms with van der Waals surface area (Å²) in [6.45, 7) is 4.19. The van der Waals surface area contributed by atoms with Gasteiger partial charge in [0.25, 0.3) is 0 Å². The smallest absolute Gasteiger partial charge is 0.188 e. The summed E-state index contributed by atoms with van der Waals surface area (Å²) in [4.78, 5) is 5.32. The van der Waals surface area contributed by atoms with Crippen molar-refractivity contribution in [2.24, 2.45) is 11.1 Å². The van der Waals surface area contributed by atoms with E-state index in [0.717, 1.165) is 0 Å². The first-order valence-electron chi connectivity index (χ1n) is 3.59. The molecule has 2 nitrogen and oxygen atoms in total. The Labute approximate surface area is 65.0 Å². The second-order valence-electron chi connectivity index (χ2n) is 3.03. The third-order valence-electron chi connectivity index (χ3n) is 2.30.